The van der Waals surface area contributed by atoms with Crippen LogP contribution in [0.1, 0.15) is 12.0 Å². The molecule has 0 aliphatic carbocycles. The maximum atomic E-state index is 13.2. The highest BCUT2D eigenvalue weighted by atomic mass is 35.5. The summed E-state index contributed by atoms with van der Waals surface area (Å²) in [4.78, 5) is 30.7. The minimum Gasteiger partial charge on any atom is -0.493 e. The van der Waals surface area contributed by atoms with Crippen molar-refractivity contribution >= 4 is 72.4 Å². The number of carbonyl (C=O) groups is 1. The van der Waals surface area contributed by atoms with E-state index in [0.717, 1.165) is 61.4 Å². The summed E-state index contributed by atoms with van der Waals surface area (Å²) in [5.74, 6) is 1.73. The number of carbonyl (C=O) groups excluding carboxylic acids is 1. The Balaban J connectivity index is 1.11. The summed E-state index contributed by atoms with van der Waals surface area (Å²) >= 11 is 6.88. The first-order valence-electron chi connectivity index (χ1n) is 15.0. The third-order valence-electron chi connectivity index (χ3n) is 7.79. The first-order chi connectivity index (χ1) is 23.1. The van der Waals surface area contributed by atoms with Crippen molar-refractivity contribution in [2.24, 2.45) is 0 Å². The van der Waals surface area contributed by atoms with Crippen LogP contribution in [-0.4, -0.2) is 84.3 Å². The van der Waals surface area contributed by atoms with E-state index in [4.69, 9.17) is 21.1 Å². The van der Waals surface area contributed by atoms with E-state index in [1.54, 1.807) is 13.2 Å². The Morgan fingerprint density at radius 1 is 0.979 bits per heavy atom. The number of aromatic nitrogens is 3. The van der Waals surface area contributed by atoms with Gasteiger partial charge in [-0.15, -0.1) is 0 Å². The van der Waals surface area contributed by atoms with E-state index < -0.39 is 22.8 Å². The molecule has 3 aromatic carbocycles. The molecule has 1 aliphatic rings. The first kappa shape index (κ1) is 33.5. The van der Waals surface area contributed by atoms with Crippen LogP contribution in [0.4, 0.5) is 40.3 Å². The van der Waals surface area contributed by atoms with Crippen molar-refractivity contribution in [1.82, 2.24) is 24.8 Å². The molecule has 1 aliphatic heterocycles. The number of rotatable bonds is 10. The lowest BCUT2D eigenvalue weighted by molar-refractivity contribution is -0.137. The topological polar surface area (TPSA) is 117 Å². The van der Waals surface area contributed by atoms with Gasteiger partial charge in [-0.1, -0.05) is 22.9 Å². The van der Waals surface area contributed by atoms with Crippen LogP contribution < -0.4 is 25.4 Å². The van der Waals surface area contributed by atoms with E-state index >= 15 is 0 Å². The molecule has 0 bridgehead atoms. The van der Waals surface area contributed by atoms with Gasteiger partial charge >= 0.3 is 12.2 Å². The predicted octanol–water partition coefficient (Wildman–Crippen LogP) is 7.32. The molecule has 1 fully saturated rings. The van der Waals surface area contributed by atoms with Gasteiger partial charge in [0.15, 0.2) is 16.6 Å². The average molecular weight is 701 g/mol. The highest BCUT2D eigenvalue weighted by Gasteiger charge is 2.33. The Labute approximate surface area is 283 Å². The van der Waals surface area contributed by atoms with E-state index in [2.05, 4.69) is 47.7 Å². The molecule has 16 heteroatoms. The van der Waals surface area contributed by atoms with Gasteiger partial charge in [0.05, 0.1) is 40.0 Å². The number of alkyl halides is 3. The molecule has 48 heavy (non-hydrogen) atoms. The second-order valence-corrected chi connectivity index (χ2v) is 12.6. The molecular weight excluding hydrogens is 669 g/mol. The lowest BCUT2D eigenvalue weighted by Gasteiger charge is -2.32. The van der Waals surface area contributed by atoms with E-state index in [1.165, 1.54) is 23.7 Å². The molecule has 0 saturated carbocycles. The molecule has 252 valence electrons. The normalized spacial score (nSPS) is 14.3. The quantitative estimate of drug-likeness (QED) is 0.129. The van der Waals surface area contributed by atoms with Crippen molar-refractivity contribution in [3.05, 3.63) is 65.4 Å². The first-order valence-corrected chi connectivity index (χ1v) is 16.2. The number of nitrogens with one attached hydrogen (secondary N) is 3. The molecule has 3 heterocycles. The molecule has 6 rings (SSSR count). The number of anilines is 4. The number of fused-ring (bicyclic) bond motifs is 2. The van der Waals surface area contributed by atoms with Crippen LogP contribution in [-0.2, 0) is 6.18 Å². The summed E-state index contributed by atoms with van der Waals surface area (Å²) in [6, 6.07) is 11.6. The summed E-state index contributed by atoms with van der Waals surface area (Å²) < 4.78 is 52.1. The molecule has 5 aromatic rings. The smallest absolute Gasteiger partial charge is 0.417 e. The summed E-state index contributed by atoms with van der Waals surface area (Å²) in [6.45, 7) is 5.82. The van der Waals surface area contributed by atoms with Crippen LogP contribution >= 0.6 is 22.9 Å². The minimum atomic E-state index is -4.66. The molecule has 2 aromatic heterocycles. The van der Waals surface area contributed by atoms with Gasteiger partial charge in [0, 0.05) is 55.6 Å². The number of piperazine rings is 1. The van der Waals surface area contributed by atoms with Gasteiger partial charge in [-0.05, 0) is 55.9 Å². The summed E-state index contributed by atoms with van der Waals surface area (Å²) in [7, 11) is 3.73. The van der Waals surface area contributed by atoms with Crippen LogP contribution in [0.2, 0.25) is 5.02 Å². The number of halogens is 4. The highest BCUT2D eigenvalue weighted by Crippen LogP contribution is 2.37. The van der Waals surface area contributed by atoms with Gasteiger partial charge in [-0.25, -0.2) is 19.7 Å². The molecule has 2 amide bonds. The number of nitrogens with zero attached hydrogens (tertiary/aromatic N) is 5. The van der Waals surface area contributed by atoms with Gasteiger partial charge in [0.1, 0.15) is 12.1 Å². The van der Waals surface area contributed by atoms with Crippen molar-refractivity contribution in [2.45, 2.75) is 12.6 Å². The minimum absolute atomic E-state index is 0.0644. The average Bonchev–Trinajstić information content (AvgIpc) is 3.45. The van der Waals surface area contributed by atoms with Gasteiger partial charge in [0.2, 0.25) is 0 Å². The fourth-order valence-electron chi connectivity index (χ4n) is 5.25. The molecule has 0 atom stereocenters. The standard InChI is InChI=1S/C32H32ClF3N8O3S/c1-43-9-11-44(12-10-43)8-3-13-47-27-17-24-21(16-26(27)46-2)29(38-18-37-24)39-20-5-7-28-25(15-20)41-31(48-28)42-30(45)40-19-4-6-23(33)22(14-19)32(34,35)36/h4-7,14-18H,3,8-13H2,1-2H3,(H,37,38,39)(H2,40,41,42,45). The predicted molar refractivity (Wildman–Crippen MR) is 182 cm³/mol. The molecule has 0 spiro atoms. The van der Waals surface area contributed by atoms with Crippen molar-refractivity contribution in [1.29, 1.82) is 0 Å². The Kier molecular flexibility index (Phi) is 10.0. The number of thiazole rings is 1. The number of hydrogen-bond donors (Lipinski definition) is 3. The molecule has 0 radical (unpaired) electrons. The van der Waals surface area contributed by atoms with Crippen LogP contribution in [0.15, 0.2) is 54.9 Å². The Morgan fingerprint density at radius 3 is 2.54 bits per heavy atom. The molecule has 3 N–H and O–H groups in total. The van der Waals surface area contributed by atoms with Crippen LogP contribution in [0.5, 0.6) is 11.5 Å². The molecule has 11 nitrogen and oxygen atoms in total. The zero-order valence-electron chi connectivity index (χ0n) is 26.0. The number of methoxy groups -OCH3 is 1. The number of urea groups is 1. The van der Waals surface area contributed by atoms with Gasteiger partial charge in [-0.3, -0.25) is 5.32 Å². The maximum Gasteiger partial charge on any atom is 0.417 e. The summed E-state index contributed by atoms with van der Waals surface area (Å²) in [6.07, 6.45) is -2.29. The van der Waals surface area contributed by atoms with E-state index in [0.29, 0.717) is 40.6 Å². The van der Waals surface area contributed by atoms with Gasteiger partial charge in [0.25, 0.3) is 0 Å². The Hall–Kier alpha value is -4.44. The van der Waals surface area contributed by atoms with Crippen LogP contribution in [0, 0.1) is 0 Å². The third kappa shape index (κ3) is 7.98. The summed E-state index contributed by atoms with van der Waals surface area (Å²) in [5.41, 5.74) is 0.850. The van der Waals surface area contributed by atoms with Crippen molar-refractivity contribution in [2.75, 3.05) is 69.4 Å². The lowest BCUT2D eigenvalue weighted by atomic mass is 10.2. The summed E-state index contributed by atoms with van der Waals surface area (Å²) in [5, 5.41) is 8.80. The van der Waals surface area contributed by atoms with Crippen LogP contribution in [0.25, 0.3) is 21.1 Å². The number of likely N-dealkylation sites (N-methyl/N-ethyl adjacent to an activating group) is 1. The van der Waals surface area contributed by atoms with E-state index in [1.807, 2.05) is 24.3 Å². The van der Waals surface area contributed by atoms with Crippen molar-refractivity contribution in [3.8, 4) is 11.5 Å². The molecule has 0 unspecified atom stereocenters. The number of amides is 2. The zero-order valence-corrected chi connectivity index (χ0v) is 27.6. The van der Waals surface area contributed by atoms with Crippen molar-refractivity contribution < 1.29 is 27.4 Å². The van der Waals surface area contributed by atoms with Crippen molar-refractivity contribution in [3.63, 3.8) is 0 Å². The van der Waals surface area contributed by atoms with E-state index in [-0.39, 0.29) is 10.8 Å². The fraction of sp³-hybridized carbons (Fsp3) is 0.312. The van der Waals surface area contributed by atoms with Crippen LogP contribution in [0.3, 0.4) is 0 Å². The highest BCUT2D eigenvalue weighted by molar-refractivity contribution is 7.22. The number of hydrogen-bond acceptors (Lipinski definition) is 10. The van der Waals surface area contributed by atoms with Gasteiger partial charge < -0.3 is 29.9 Å². The number of benzene rings is 3. The Morgan fingerprint density at radius 2 is 1.77 bits per heavy atom. The Bertz CT molecular complexity index is 1930. The third-order valence-corrected chi connectivity index (χ3v) is 9.07. The number of ether oxygens (including phenoxy) is 2. The SMILES string of the molecule is COc1cc2c(Nc3ccc4sc(NC(=O)Nc5ccc(Cl)c(C(F)(F)F)c5)nc4c3)ncnc2cc1OCCCN1CCN(C)CC1. The maximum absolute atomic E-state index is 13.2. The second-order valence-electron chi connectivity index (χ2n) is 11.2. The largest absolute Gasteiger partial charge is 0.493 e. The van der Waals surface area contributed by atoms with E-state index in [9.17, 15) is 18.0 Å². The van der Waals surface area contributed by atoms with Gasteiger partial charge in [-0.2, -0.15) is 13.2 Å². The monoisotopic (exact) mass is 700 g/mol. The molecule has 1 saturated heterocycles. The molecular formula is C32H32ClF3N8O3S. The fourth-order valence-corrected chi connectivity index (χ4v) is 6.32. The second kappa shape index (κ2) is 14.4. The zero-order chi connectivity index (χ0) is 33.8. The lowest BCUT2D eigenvalue weighted by Crippen LogP contribution is -2.44.